The van der Waals surface area contributed by atoms with Crippen molar-refractivity contribution in [3.05, 3.63) is 17.7 Å². The van der Waals surface area contributed by atoms with Gasteiger partial charge in [0.1, 0.15) is 17.2 Å². The summed E-state index contributed by atoms with van der Waals surface area (Å²) in [6.45, 7) is 0. The molecule has 1 fully saturated rings. The first-order valence-corrected chi connectivity index (χ1v) is 9.53. The molecule has 0 amide bonds. The van der Waals surface area contributed by atoms with E-state index in [0.29, 0.717) is 22.8 Å². The molecule has 0 spiro atoms. The molecule has 0 bridgehead atoms. The zero-order valence-corrected chi connectivity index (χ0v) is 15.7. The van der Waals surface area contributed by atoms with Crippen LogP contribution in [0, 0.1) is 5.82 Å². The average Bonchev–Trinajstić information content (AvgIpc) is 2.66. The Morgan fingerprint density at radius 2 is 1.58 bits per heavy atom. The van der Waals surface area contributed by atoms with Gasteiger partial charge in [0.15, 0.2) is 17.3 Å². The molecule has 1 aliphatic rings. The quantitative estimate of drug-likeness (QED) is 0.835. The fourth-order valence-electron chi connectivity index (χ4n) is 3.82. The van der Waals surface area contributed by atoms with Gasteiger partial charge in [-0.2, -0.15) is 0 Å². The lowest BCUT2D eigenvalue weighted by Gasteiger charge is -2.19. The standard InChI is InChI=1S/C20H28FN3O2/c1-25-15-12-14-17(16(21)18(15)26-2)23-20(24-19(14)22)13-10-8-6-4-3-5-7-9-11-13/h12-13H,3-11H2,1-2H3,(H2,22,23,24). The Hall–Kier alpha value is -2.11. The lowest BCUT2D eigenvalue weighted by atomic mass is 9.91. The van der Waals surface area contributed by atoms with Crippen molar-refractivity contribution in [3.63, 3.8) is 0 Å². The predicted octanol–water partition coefficient (Wildman–Crippen LogP) is 4.98. The molecular weight excluding hydrogens is 333 g/mol. The van der Waals surface area contributed by atoms with Crippen molar-refractivity contribution < 1.29 is 13.9 Å². The summed E-state index contributed by atoms with van der Waals surface area (Å²) in [4.78, 5) is 9.09. The van der Waals surface area contributed by atoms with Crippen molar-refractivity contribution in [2.24, 2.45) is 0 Å². The van der Waals surface area contributed by atoms with E-state index in [-0.39, 0.29) is 17.2 Å². The van der Waals surface area contributed by atoms with E-state index in [1.807, 2.05) is 0 Å². The van der Waals surface area contributed by atoms with Gasteiger partial charge >= 0.3 is 0 Å². The molecule has 0 atom stereocenters. The highest BCUT2D eigenvalue weighted by molar-refractivity contribution is 5.91. The number of hydrogen-bond donors (Lipinski definition) is 1. The molecule has 0 radical (unpaired) electrons. The number of nitrogens with zero attached hydrogens (tertiary/aromatic N) is 2. The number of ether oxygens (including phenoxy) is 2. The summed E-state index contributed by atoms with van der Waals surface area (Å²) >= 11 is 0. The zero-order valence-electron chi connectivity index (χ0n) is 15.7. The second kappa shape index (κ2) is 8.52. The molecule has 2 aromatic rings. The molecule has 0 saturated heterocycles. The third kappa shape index (κ3) is 3.84. The maximum atomic E-state index is 15.0. The van der Waals surface area contributed by atoms with Crippen LogP contribution in [0.25, 0.3) is 10.9 Å². The SMILES string of the molecule is COc1cc2c(N)nc(C3CCCCCCCCC3)nc2c(F)c1OC. The van der Waals surface area contributed by atoms with Crippen molar-refractivity contribution in [1.82, 2.24) is 9.97 Å². The highest BCUT2D eigenvalue weighted by atomic mass is 19.1. The molecule has 2 N–H and O–H groups in total. The van der Waals surface area contributed by atoms with Crippen LogP contribution >= 0.6 is 0 Å². The summed E-state index contributed by atoms with van der Waals surface area (Å²) in [5.74, 6) is 0.974. The maximum absolute atomic E-state index is 15.0. The summed E-state index contributed by atoms with van der Waals surface area (Å²) in [7, 11) is 2.88. The van der Waals surface area contributed by atoms with Crippen LogP contribution in [0.1, 0.15) is 69.5 Å². The number of nitrogen functional groups attached to an aromatic ring is 1. The van der Waals surface area contributed by atoms with Crippen LogP contribution < -0.4 is 15.2 Å². The Morgan fingerprint density at radius 1 is 0.962 bits per heavy atom. The van der Waals surface area contributed by atoms with E-state index in [9.17, 15) is 4.39 Å². The van der Waals surface area contributed by atoms with Crippen LogP contribution in [0.2, 0.25) is 0 Å². The van der Waals surface area contributed by atoms with Gasteiger partial charge < -0.3 is 15.2 Å². The summed E-state index contributed by atoms with van der Waals surface area (Å²) in [6.07, 6.45) is 10.7. The van der Waals surface area contributed by atoms with E-state index >= 15 is 0 Å². The number of methoxy groups -OCH3 is 2. The van der Waals surface area contributed by atoms with Crippen LogP contribution in [-0.2, 0) is 0 Å². The smallest absolute Gasteiger partial charge is 0.199 e. The summed E-state index contributed by atoms with van der Waals surface area (Å²) in [5.41, 5.74) is 6.37. The van der Waals surface area contributed by atoms with E-state index in [1.165, 1.54) is 46.3 Å². The molecule has 1 aliphatic carbocycles. The third-order valence-corrected chi connectivity index (χ3v) is 5.29. The number of nitrogens with two attached hydrogens (primary N) is 1. The molecule has 6 heteroatoms. The molecule has 3 rings (SSSR count). The minimum atomic E-state index is -0.544. The summed E-state index contributed by atoms with van der Waals surface area (Å²) in [5, 5.41) is 0.462. The number of fused-ring (bicyclic) bond motifs is 1. The molecule has 1 aromatic heterocycles. The topological polar surface area (TPSA) is 70.3 Å². The Bertz CT molecular complexity index is 757. The summed E-state index contributed by atoms with van der Waals surface area (Å²) in [6, 6.07) is 1.64. The van der Waals surface area contributed by atoms with Gasteiger partial charge in [-0.05, 0) is 18.9 Å². The minimum Gasteiger partial charge on any atom is -0.493 e. The summed E-state index contributed by atoms with van der Waals surface area (Å²) < 4.78 is 25.3. The Labute approximate surface area is 154 Å². The average molecular weight is 361 g/mol. The van der Waals surface area contributed by atoms with Gasteiger partial charge in [0.25, 0.3) is 0 Å². The molecule has 5 nitrogen and oxygen atoms in total. The van der Waals surface area contributed by atoms with Crippen LogP contribution in [0.3, 0.4) is 0 Å². The number of benzene rings is 1. The molecule has 26 heavy (non-hydrogen) atoms. The molecule has 142 valence electrons. The van der Waals surface area contributed by atoms with Crippen molar-refractivity contribution >= 4 is 16.7 Å². The number of rotatable bonds is 3. The largest absolute Gasteiger partial charge is 0.493 e. The monoisotopic (exact) mass is 361 g/mol. The first kappa shape index (κ1) is 18.7. The second-order valence-electron chi connectivity index (χ2n) is 7.04. The fourth-order valence-corrected chi connectivity index (χ4v) is 3.82. The molecule has 0 aliphatic heterocycles. The van der Waals surface area contributed by atoms with Gasteiger partial charge in [-0.15, -0.1) is 0 Å². The second-order valence-corrected chi connectivity index (χ2v) is 7.04. The molecule has 1 heterocycles. The normalized spacial score (nSPS) is 17.2. The van der Waals surface area contributed by atoms with Crippen LogP contribution in [0.15, 0.2) is 6.07 Å². The van der Waals surface area contributed by atoms with Crippen molar-refractivity contribution in [1.29, 1.82) is 0 Å². The van der Waals surface area contributed by atoms with Crippen molar-refractivity contribution in [2.75, 3.05) is 20.0 Å². The maximum Gasteiger partial charge on any atom is 0.199 e. The van der Waals surface area contributed by atoms with Gasteiger partial charge in [0, 0.05) is 11.3 Å². The van der Waals surface area contributed by atoms with Crippen LogP contribution in [0.4, 0.5) is 10.2 Å². The van der Waals surface area contributed by atoms with E-state index in [1.54, 1.807) is 6.07 Å². The predicted molar refractivity (Wildman–Crippen MR) is 101 cm³/mol. The molecule has 1 aromatic carbocycles. The zero-order chi connectivity index (χ0) is 18.5. The lowest BCUT2D eigenvalue weighted by molar-refractivity contribution is 0.339. The van der Waals surface area contributed by atoms with Crippen molar-refractivity contribution in [3.8, 4) is 11.5 Å². The van der Waals surface area contributed by atoms with E-state index in [4.69, 9.17) is 15.2 Å². The third-order valence-electron chi connectivity index (χ3n) is 5.29. The van der Waals surface area contributed by atoms with Crippen LogP contribution in [0.5, 0.6) is 11.5 Å². The number of anilines is 1. The Kier molecular flexibility index (Phi) is 6.12. The van der Waals surface area contributed by atoms with Gasteiger partial charge in [0.2, 0.25) is 0 Å². The number of halogens is 1. The van der Waals surface area contributed by atoms with E-state index in [2.05, 4.69) is 9.97 Å². The lowest BCUT2D eigenvalue weighted by Crippen LogP contribution is -2.10. The number of hydrogen-bond acceptors (Lipinski definition) is 5. The number of aromatic nitrogens is 2. The van der Waals surface area contributed by atoms with E-state index < -0.39 is 5.82 Å². The molecular formula is C20H28FN3O2. The highest BCUT2D eigenvalue weighted by Crippen LogP contribution is 2.38. The van der Waals surface area contributed by atoms with E-state index in [0.717, 1.165) is 25.7 Å². The Morgan fingerprint density at radius 3 is 2.15 bits per heavy atom. The Balaban J connectivity index is 2.01. The van der Waals surface area contributed by atoms with Gasteiger partial charge in [0.05, 0.1) is 14.2 Å². The van der Waals surface area contributed by atoms with Crippen LogP contribution in [-0.4, -0.2) is 24.2 Å². The van der Waals surface area contributed by atoms with Gasteiger partial charge in [-0.3, -0.25) is 0 Å². The highest BCUT2D eigenvalue weighted by Gasteiger charge is 2.22. The first-order valence-electron chi connectivity index (χ1n) is 9.53. The van der Waals surface area contributed by atoms with Crippen molar-refractivity contribution in [2.45, 2.75) is 63.7 Å². The molecule has 1 saturated carbocycles. The fraction of sp³-hybridized carbons (Fsp3) is 0.600. The minimum absolute atomic E-state index is 0.0509. The molecule has 0 unspecified atom stereocenters. The van der Waals surface area contributed by atoms with Gasteiger partial charge in [-0.25, -0.2) is 14.4 Å². The van der Waals surface area contributed by atoms with Gasteiger partial charge in [-0.1, -0.05) is 44.9 Å². The first-order chi connectivity index (χ1) is 12.7.